The Kier molecular flexibility index (Phi) is 10.8. The standard InChI is InChI=1S/C5H14NO.C5H11NS2/c1-6(2,3)4-5-7;1-3-6(4-2)5(7)8/h7H,4-5H2,1-3H3;3-4H2,1-2H3,(H,7,8)/q+1;/p-1. The molecule has 0 atom stereocenters. The summed E-state index contributed by atoms with van der Waals surface area (Å²) in [5, 5.41) is 8.39. The molecular weight excluding hydrogens is 228 g/mol. The summed E-state index contributed by atoms with van der Waals surface area (Å²) in [4.78, 5) is 1.96. The molecule has 0 radical (unpaired) electrons. The van der Waals surface area contributed by atoms with Crippen molar-refractivity contribution in [2.75, 3.05) is 47.4 Å². The lowest BCUT2D eigenvalue weighted by Gasteiger charge is -2.24. The van der Waals surface area contributed by atoms with Crippen LogP contribution in [0.2, 0.25) is 0 Å². The van der Waals surface area contributed by atoms with Crippen LogP contribution in [0.25, 0.3) is 0 Å². The van der Waals surface area contributed by atoms with Gasteiger partial charge in [-0.3, -0.25) is 0 Å². The van der Waals surface area contributed by atoms with Crippen molar-refractivity contribution in [2.24, 2.45) is 0 Å². The van der Waals surface area contributed by atoms with Crippen molar-refractivity contribution < 1.29 is 9.59 Å². The second kappa shape index (κ2) is 9.27. The van der Waals surface area contributed by atoms with Gasteiger partial charge in [0.25, 0.3) is 0 Å². The van der Waals surface area contributed by atoms with Crippen LogP contribution < -0.4 is 0 Å². The van der Waals surface area contributed by atoms with Gasteiger partial charge in [-0.15, -0.1) is 0 Å². The van der Waals surface area contributed by atoms with E-state index >= 15 is 0 Å². The normalized spacial score (nSPS) is 10.3. The average Bonchev–Trinajstić information content (AvgIpc) is 2.04. The number of likely N-dealkylation sites (N-methyl/N-ethyl adjacent to an activating group) is 1. The van der Waals surface area contributed by atoms with Gasteiger partial charge in [-0.05, 0) is 13.8 Å². The summed E-state index contributed by atoms with van der Waals surface area (Å²) in [6, 6.07) is 0. The number of rotatable bonds is 4. The zero-order valence-corrected chi connectivity index (χ0v) is 12.1. The highest BCUT2D eigenvalue weighted by Gasteiger charge is 2.02. The van der Waals surface area contributed by atoms with Crippen LogP contribution in [0.3, 0.4) is 0 Å². The smallest absolute Gasteiger partial charge is 0.101 e. The first-order valence-corrected chi connectivity index (χ1v) is 5.97. The fraction of sp³-hybridized carbons (Fsp3) is 0.900. The first-order valence-electron chi connectivity index (χ1n) is 5.15. The molecule has 92 valence electrons. The molecule has 0 aliphatic carbocycles. The predicted octanol–water partition coefficient (Wildman–Crippen LogP) is 0.845. The predicted molar refractivity (Wildman–Crippen MR) is 72.9 cm³/mol. The highest BCUT2D eigenvalue weighted by Crippen LogP contribution is 1.87. The van der Waals surface area contributed by atoms with E-state index in [0.29, 0.717) is 4.32 Å². The Morgan fingerprint density at radius 2 is 1.67 bits per heavy atom. The fourth-order valence-electron chi connectivity index (χ4n) is 0.782. The Morgan fingerprint density at radius 3 is 1.67 bits per heavy atom. The van der Waals surface area contributed by atoms with Gasteiger partial charge in [-0.2, -0.15) is 0 Å². The van der Waals surface area contributed by atoms with Crippen LogP contribution in [0.1, 0.15) is 13.8 Å². The van der Waals surface area contributed by atoms with Gasteiger partial charge < -0.3 is 39.3 Å². The van der Waals surface area contributed by atoms with Crippen LogP contribution in [0.15, 0.2) is 0 Å². The molecule has 0 rings (SSSR count). The molecule has 0 amide bonds. The van der Waals surface area contributed by atoms with Crippen LogP contribution >= 0.6 is 12.2 Å². The first kappa shape index (κ1) is 17.4. The topological polar surface area (TPSA) is 23.5 Å². The molecule has 15 heavy (non-hydrogen) atoms. The van der Waals surface area contributed by atoms with E-state index < -0.39 is 0 Å². The third-order valence-electron chi connectivity index (χ3n) is 1.79. The van der Waals surface area contributed by atoms with Crippen LogP contribution in [0.5, 0.6) is 0 Å². The minimum Gasteiger partial charge on any atom is -0.411 e. The molecule has 0 bridgehead atoms. The summed E-state index contributed by atoms with van der Waals surface area (Å²) in [6.07, 6.45) is 0. The van der Waals surface area contributed by atoms with E-state index in [1.54, 1.807) is 0 Å². The number of thiocarbonyl (C=S) groups is 1. The van der Waals surface area contributed by atoms with Crippen molar-refractivity contribution in [2.45, 2.75) is 13.8 Å². The first-order chi connectivity index (χ1) is 6.78. The van der Waals surface area contributed by atoms with Gasteiger partial charge in [0, 0.05) is 13.1 Å². The molecule has 0 aliphatic heterocycles. The summed E-state index contributed by atoms with van der Waals surface area (Å²) in [5.74, 6) is 0. The molecule has 0 fully saturated rings. The lowest BCUT2D eigenvalue weighted by Crippen LogP contribution is -2.36. The molecule has 3 nitrogen and oxygen atoms in total. The average molecular weight is 252 g/mol. The van der Waals surface area contributed by atoms with E-state index in [2.05, 4.69) is 21.1 Å². The summed E-state index contributed by atoms with van der Waals surface area (Å²) in [7, 11) is 6.16. The van der Waals surface area contributed by atoms with Crippen LogP contribution in [-0.4, -0.2) is 66.2 Å². The molecule has 0 aromatic rings. The van der Waals surface area contributed by atoms with Crippen LogP contribution in [0, 0.1) is 0 Å². The quantitative estimate of drug-likeness (QED) is 0.455. The molecule has 0 saturated heterocycles. The van der Waals surface area contributed by atoms with Crippen molar-refractivity contribution in [1.29, 1.82) is 0 Å². The van der Waals surface area contributed by atoms with Crippen molar-refractivity contribution in [3.8, 4) is 0 Å². The number of hydrogen-bond donors (Lipinski definition) is 1. The zero-order valence-electron chi connectivity index (χ0n) is 10.5. The third-order valence-corrected chi connectivity index (χ3v) is 2.31. The molecular formula is C10H24N2OS2. The molecule has 0 spiro atoms. The van der Waals surface area contributed by atoms with Gasteiger partial charge in [-0.1, -0.05) is 4.32 Å². The van der Waals surface area contributed by atoms with Crippen LogP contribution in [0.4, 0.5) is 0 Å². The molecule has 0 aliphatic rings. The van der Waals surface area contributed by atoms with Gasteiger partial charge in [0.15, 0.2) is 0 Å². The van der Waals surface area contributed by atoms with Crippen molar-refractivity contribution >= 4 is 29.2 Å². The highest BCUT2D eigenvalue weighted by atomic mass is 32.1. The fourth-order valence-corrected chi connectivity index (χ4v) is 1.30. The van der Waals surface area contributed by atoms with Crippen LogP contribution in [-0.2, 0) is 12.6 Å². The monoisotopic (exact) mass is 252 g/mol. The van der Waals surface area contributed by atoms with Gasteiger partial charge in [0.05, 0.1) is 27.7 Å². The molecule has 1 N–H and O–H groups in total. The zero-order chi connectivity index (χ0) is 12.5. The maximum absolute atomic E-state index is 8.39. The third kappa shape index (κ3) is 14.0. The summed E-state index contributed by atoms with van der Waals surface area (Å²) >= 11 is 9.51. The Balaban J connectivity index is 0. The minimum atomic E-state index is 0.281. The second-order valence-electron chi connectivity index (χ2n) is 4.18. The minimum absolute atomic E-state index is 0.281. The molecule has 5 heteroatoms. The SMILES string of the molecule is CCN(CC)C(=S)[S-].C[N+](C)(C)CCO. The summed E-state index contributed by atoms with van der Waals surface area (Å²) in [6.45, 7) is 7.06. The number of hydrogen-bond acceptors (Lipinski definition) is 3. The van der Waals surface area contributed by atoms with E-state index in [1.165, 1.54) is 0 Å². The van der Waals surface area contributed by atoms with E-state index in [4.69, 9.17) is 30.0 Å². The largest absolute Gasteiger partial charge is 0.411 e. The van der Waals surface area contributed by atoms with E-state index in [-0.39, 0.29) is 6.61 Å². The van der Waals surface area contributed by atoms with Crippen molar-refractivity contribution in [3.05, 3.63) is 0 Å². The summed E-state index contributed by atoms with van der Waals surface area (Å²) in [5.41, 5.74) is 0. The summed E-state index contributed by atoms with van der Waals surface area (Å²) < 4.78 is 1.42. The van der Waals surface area contributed by atoms with E-state index in [0.717, 1.165) is 24.1 Å². The Labute approximate surface area is 105 Å². The van der Waals surface area contributed by atoms with E-state index in [1.807, 2.05) is 18.7 Å². The molecule has 0 aromatic heterocycles. The van der Waals surface area contributed by atoms with Gasteiger partial charge >= 0.3 is 0 Å². The Morgan fingerprint density at radius 1 is 1.27 bits per heavy atom. The van der Waals surface area contributed by atoms with Crippen molar-refractivity contribution in [1.82, 2.24) is 4.90 Å². The number of nitrogens with zero attached hydrogens (tertiary/aromatic N) is 2. The second-order valence-corrected chi connectivity index (χ2v) is 5.21. The Hall–Kier alpha value is 0.0300. The molecule has 0 aromatic carbocycles. The Bertz CT molecular complexity index is 165. The maximum Gasteiger partial charge on any atom is 0.101 e. The molecule has 0 saturated carbocycles. The number of aliphatic hydroxyl groups is 1. The van der Waals surface area contributed by atoms with Gasteiger partial charge in [0.1, 0.15) is 6.54 Å². The maximum atomic E-state index is 8.39. The molecule has 0 unspecified atom stereocenters. The lowest BCUT2D eigenvalue weighted by atomic mass is 10.5. The van der Waals surface area contributed by atoms with E-state index in [9.17, 15) is 0 Å². The van der Waals surface area contributed by atoms with Gasteiger partial charge in [0.2, 0.25) is 0 Å². The lowest BCUT2D eigenvalue weighted by molar-refractivity contribution is -0.870. The molecule has 0 heterocycles. The van der Waals surface area contributed by atoms with Crippen molar-refractivity contribution in [3.63, 3.8) is 0 Å². The van der Waals surface area contributed by atoms with Gasteiger partial charge in [-0.25, -0.2) is 0 Å². The number of quaternary nitrogens is 1. The highest BCUT2D eigenvalue weighted by molar-refractivity contribution is 8.00. The number of aliphatic hydroxyl groups excluding tert-OH is 1.